The molecule has 2 N–H and O–H groups in total. The molecule has 0 saturated heterocycles. The molecule has 0 aliphatic carbocycles. The molecule has 0 spiro atoms. The van der Waals surface area contributed by atoms with Crippen molar-refractivity contribution in [1.29, 1.82) is 0 Å². The molecule has 0 fully saturated rings. The summed E-state index contributed by atoms with van der Waals surface area (Å²) in [6.45, 7) is 10.5. The van der Waals surface area contributed by atoms with Crippen LogP contribution in [0.1, 0.15) is 34.6 Å². The summed E-state index contributed by atoms with van der Waals surface area (Å²) in [7, 11) is -0.795. The normalized spacial score (nSPS) is 11.8. The molecule has 0 bridgehead atoms. The van der Waals surface area contributed by atoms with Crippen LogP contribution in [0.25, 0.3) is 0 Å². The highest BCUT2D eigenvalue weighted by Gasteiger charge is 2.11. The third-order valence-electron chi connectivity index (χ3n) is 1.36. The van der Waals surface area contributed by atoms with Crippen molar-refractivity contribution in [3.63, 3.8) is 0 Å². The first kappa shape index (κ1) is 16.3. The molecule has 0 aromatic carbocycles. The van der Waals surface area contributed by atoms with Crippen LogP contribution in [0, 0.1) is 0 Å². The van der Waals surface area contributed by atoms with Crippen LogP contribution in [0.5, 0.6) is 0 Å². The van der Waals surface area contributed by atoms with E-state index in [1.54, 1.807) is 6.92 Å². The molecular formula is C10H23N2O2PS. The molecule has 0 unspecified atom stereocenters. The number of hydrogen-bond donors (Lipinski definition) is 2. The second kappa shape index (κ2) is 9.37. The zero-order valence-electron chi connectivity index (χ0n) is 10.7. The lowest BCUT2D eigenvalue weighted by molar-refractivity contribution is -0.109. The van der Waals surface area contributed by atoms with Crippen LogP contribution >= 0.6 is 20.2 Å². The van der Waals surface area contributed by atoms with Gasteiger partial charge in [0.25, 0.3) is 0 Å². The summed E-state index contributed by atoms with van der Waals surface area (Å²) in [5.41, 5.74) is 0. The van der Waals surface area contributed by atoms with Gasteiger partial charge in [-0.15, -0.1) is 0 Å². The predicted molar refractivity (Wildman–Crippen MR) is 72.6 cm³/mol. The van der Waals surface area contributed by atoms with Gasteiger partial charge in [0.1, 0.15) is 0 Å². The van der Waals surface area contributed by atoms with Crippen molar-refractivity contribution in [1.82, 2.24) is 10.2 Å². The molecule has 0 rings (SSSR count). The topological polar surface area (TPSA) is 50.4 Å². The number of rotatable bonds is 8. The molecule has 0 amide bonds. The Balaban J connectivity index is 3.77. The molecule has 0 aliphatic rings. The first-order valence-corrected chi connectivity index (χ1v) is 7.75. The van der Waals surface area contributed by atoms with Crippen LogP contribution in [-0.2, 0) is 9.32 Å². The van der Waals surface area contributed by atoms with Crippen molar-refractivity contribution < 1.29 is 9.32 Å². The highest BCUT2D eigenvalue weighted by Crippen LogP contribution is 2.28. The van der Waals surface area contributed by atoms with Gasteiger partial charge in [0, 0.05) is 24.8 Å². The Morgan fingerprint density at radius 2 is 1.75 bits per heavy atom. The van der Waals surface area contributed by atoms with Crippen molar-refractivity contribution in [3.05, 3.63) is 0 Å². The molecular weight excluding hydrogens is 243 g/mol. The summed E-state index contributed by atoms with van der Waals surface area (Å²) in [4.78, 5) is 10.7. The van der Waals surface area contributed by atoms with E-state index in [0.717, 1.165) is 0 Å². The second-order valence-electron chi connectivity index (χ2n) is 4.04. The Morgan fingerprint density at radius 3 is 2.12 bits per heavy atom. The van der Waals surface area contributed by atoms with E-state index in [4.69, 9.17) is 4.52 Å². The molecule has 0 atom stereocenters. The van der Waals surface area contributed by atoms with E-state index >= 15 is 0 Å². The molecule has 4 nitrogen and oxygen atoms in total. The highest BCUT2D eigenvalue weighted by molar-refractivity contribution is 8.13. The number of carbonyl (C=O) groups is 1. The van der Waals surface area contributed by atoms with Gasteiger partial charge in [0.05, 0.1) is 6.61 Å². The highest BCUT2D eigenvalue weighted by atomic mass is 32.2. The maximum atomic E-state index is 10.7. The molecule has 96 valence electrons. The van der Waals surface area contributed by atoms with Crippen LogP contribution < -0.4 is 10.2 Å². The minimum Gasteiger partial charge on any atom is -0.331 e. The largest absolute Gasteiger partial charge is 0.331 e. The predicted octanol–water partition coefficient (Wildman–Crippen LogP) is 2.51. The van der Waals surface area contributed by atoms with E-state index in [9.17, 15) is 4.79 Å². The third kappa shape index (κ3) is 10.8. The second-order valence-corrected chi connectivity index (χ2v) is 6.67. The van der Waals surface area contributed by atoms with Crippen molar-refractivity contribution in [3.8, 4) is 0 Å². The lowest BCUT2D eigenvalue weighted by Gasteiger charge is -2.23. The summed E-state index contributed by atoms with van der Waals surface area (Å²) in [6.07, 6.45) is 0. The van der Waals surface area contributed by atoms with Gasteiger partial charge in [0.15, 0.2) is 13.6 Å². The number of thioether (sulfide) groups is 1. The summed E-state index contributed by atoms with van der Waals surface area (Å²) < 4.78 is 5.68. The van der Waals surface area contributed by atoms with Gasteiger partial charge in [-0.25, -0.2) is 0 Å². The van der Waals surface area contributed by atoms with E-state index < -0.39 is 8.45 Å². The van der Waals surface area contributed by atoms with Crippen LogP contribution in [0.2, 0.25) is 0 Å². The number of hydrogen-bond acceptors (Lipinski definition) is 5. The van der Waals surface area contributed by atoms with Gasteiger partial charge in [-0.05, 0) is 27.7 Å². The van der Waals surface area contributed by atoms with Gasteiger partial charge in [-0.3, -0.25) is 15.0 Å². The van der Waals surface area contributed by atoms with Gasteiger partial charge >= 0.3 is 0 Å². The fourth-order valence-corrected chi connectivity index (χ4v) is 2.91. The fraction of sp³-hybridized carbons (Fsp3) is 0.900. The van der Waals surface area contributed by atoms with E-state index in [1.807, 2.05) is 0 Å². The van der Waals surface area contributed by atoms with Crippen molar-refractivity contribution in [2.24, 2.45) is 0 Å². The van der Waals surface area contributed by atoms with Crippen LogP contribution in [0.4, 0.5) is 0 Å². The molecule has 0 heterocycles. The summed E-state index contributed by atoms with van der Waals surface area (Å²) >= 11 is 1.30. The van der Waals surface area contributed by atoms with Gasteiger partial charge in [-0.1, -0.05) is 11.8 Å². The fourth-order valence-electron chi connectivity index (χ4n) is 0.895. The Hall–Kier alpha value is 0.330. The standard InChI is InChI=1S/C10H23N2O2PS/c1-8(2)11-15(12-9(3)4)14-6-7-16-10(5)13/h8-9,11-12H,6-7H2,1-5H3. The van der Waals surface area contributed by atoms with Crippen LogP contribution in [0.15, 0.2) is 0 Å². The maximum absolute atomic E-state index is 10.7. The lowest BCUT2D eigenvalue weighted by Crippen LogP contribution is -2.29. The molecule has 16 heavy (non-hydrogen) atoms. The van der Waals surface area contributed by atoms with Crippen molar-refractivity contribution >= 4 is 25.3 Å². The molecule has 0 aliphatic heterocycles. The zero-order chi connectivity index (χ0) is 12.6. The molecule has 0 aromatic heterocycles. The minimum absolute atomic E-state index is 0.140. The third-order valence-corrected chi connectivity index (χ3v) is 4.08. The van der Waals surface area contributed by atoms with Gasteiger partial charge < -0.3 is 4.52 Å². The minimum atomic E-state index is -0.795. The van der Waals surface area contributed by atoms with Gasteiger partial charge in [-0.2, -0.15) is 0 Å². The summed E-state index contributed by atoms with van der Waals surface area (Å²) in [5, 5.41) is 6.81. The SMILES string of the molecule is CC(=O)SCCOP(NC(C)C)NC(C)C. The van der Waals surface area contributed by atoms with Crippen molar-refractivity contribution in [2.75, 3.05) is 12.4 Å². The lowest BCUT2D eigenvalue weighted by atomic mass is 10.4. The molecule has 0 radical (unpaired) electrons. The molecule has 0 aromatic rings. The summed E-state index contributed by atoms with van der Waals surface area (Å²) in [6, 6.07) is 0.774. The smallest absolute Gasteiger partial charge is 0.185 e. The maximum Gasteiger partial charge on any atom is 0.185 e. The Kier molecular flexibility index (Phi) is 9.56. The van der Waals surface area contributed by atoms with E-state index in [0.29, 0.717) is 24.4 Å². The monoisotopic (exact) mass is 266 g/mol. The quantitative estimate of drug-likeness (QED) is 0.522. The number of nitrogens with one attached hydrogen (secondary N) is 2. The average Bonchev–Trinajstić information content (AvgIpc) is 2.09. The van der Waals surface area contributed by atoms with E-state index in [2.05, 4.69) is 37.9 Å². The summed E-state index contributed by atoms with van der Waals surface area (Å²) in [5.74, 6) is 0.716. The van der Waals surface area contributed by atoms with Crippen LogP contribution in [0.3, 0.4) is 0 Å². The Labute approximate surface area is 104 Å². The van der Waals surface area contributed by atoms with Gasteiger partial charge in [0.2, 0.25) is 0 Å². The first-order valence-electron chi connectivity index (χ1n) is 5.50. The zero-order valence-corrected chi connectivity index (χ0v) is 12.5. The van der Waals surface area contributed by atoms with E-state index in [1.165, 1.54) is 11.8 Å². The molecule has 6 heteroatoms. The Bertz CT molecular complexity index is 193. The van der Waals surface area contributed by atoms with E-state index in [-0.39, 0.29) is 5.12 Å². The first-order chi connectivity index (χ1) is 7.41. The Morgan fingerprint density at radius 1 is 1.25 bits per heavy atom. The average molecular weight is 266 g/mol. The van der Waals surface area contributed by atoms with Crippen molar-refractivity contribution in [2.45, 2.75) is 46.7 Å². The number of carbonyl (C=O) groups excluding carboxylic acids is 1. The van der Waals surface area contributed by atoms with Crippen LogP contribution in [-0.4, -0.2) is 29.6 Å². The molecule has 0 saturated carbocycles.